The number of H-pyrrole nitrogens is 1. The van der Waals surface area contributed by atoms with Crippen LogP contribution in [0.5, 0.6) is 5.75 Å². The Morgan fingerprint density at radius 1 is 1.23 bits per heavy atom. The molecule has 1 aliphatic heterocycles. The molecule has 12 heteroatoms. The number of pyridine rings is 1. The molecule has 2 amide bonds. The molecule has 0 aliphatic carbocycles. The number of aromatic amines is 1. The maximum Gasteiger partial charge on any atom is 0.260 e. The first-order valence-electron chi connectivity index (χ1n) is 13.2. The van der Waals surface area contributed by atoms with E-state index in [1.54, 1.807) is 25.6 Å². The van der Waals surface area contributed by atoms with E-state index in [9.17, 15) is 9.59 Å². The highest BCUT2D eigenvalue weighted by Crippen LogP contribution is 2.42. The van der Waals surface area contributed by atoms with Crippen LogP contribution in [-0.4, -0.2) is 69.9 Å². The van der Waals surface area contributed by atoms with Gasteiger partial charge >= 0.3 is 0 Å². The SMILES string of the molecule is CCN(CC)CCNC(=O)c1c[nH]c(C=C2C(=O)N(Cc3ncc(C)c(OC)c3C)c3nc(N)nc(Cl)c32)c1C. The molecule has 4 N–H and O–H groups in total. The molecule has 4 heterocycles. The highest BCUT2D eigenvalue weighted by Gasteiger charge is 2.38. The zero-order valence-corrected chi connectivity index (χ0v) is 24.4. The summed E-state index contributed by atoms with van der Waals surface area (Å²) < 4.78 is 5.54. The van der Waals surface area contributed by atoms with Crippen LogP contribution in [-0.2, 0) is 11.3 Å². The standard InChI is InChI=1S/C28H35ClN8O3/c1-7-36(8-2)10-9-31-26(38)19-13-33-20(16(19)4)11-18-22-24(29)34-28(30)35-25(22)37(27(18)39)14-21-17(5)23(40-6)15(3)12-32-21/h11-13,33H,7-10,14H2,1-6H3,(H,31,38)(H2,30,34,35). The lowest BCUT2D eigenvalue weighted by atomic mass is 10.1. The number of hydrogen-bond acceptors (Lipinski definition) is 8. The predicted octanol–water partition coefficient (Wildman–Crippen LogP) is 3.53. The van der Waals surface area contributed by atoms with Gasteiger partial charge in [0.2, 0.25) is 5.95 Å². The average molecular weight is 567 g/mol. The molecule has 40 heavy (non-hydrogen) atoms. The number of amides is 2. The highest BCUT2D eigenvalue weighted by molar-refractivity contribution is 6.41. The summed E-state index contributed by atoms with van der Waals surface area (Å²) in [6.45, 7) is 13.1. The summed E-state index contributed by atoms with van der Waals surface area (Å²) in [4.78, 5) is 46.5. The minimum absolute atomic E-state index is 0.0475. The van der Waals surface area contributed by atoms with E-state index in [0.717, 1.165) is 30.8 Å². The number of likely N-dealkylation sites (N-methyl/N-ethyl adjacent to an activating group) is 1. The average Bonchev–Trinajstić information content (AvgIpc) is 3.41. The molecule has 0 aromatic carbocycles. The van der Waals surface area contributed by atoms with Crippen molar-refractivity contribution < 1.29 is 14.3 Å². The third-order valence-electron chi connectivity index (χ3n) is 7.24. The van der Waals surface area contributed by atoms with Gasteiger partial charge in [-0.3, -0.25) is 19.5 Å². The molecule has 0 spiro atoms. The molecular formula is C28H35ClN8O3. The van der Waals surface area contributed by atoms with Gasteiger partial charge in [0, 0.05) is 42.3 Å². The Bertz CT molecular complexity index is 1480. The first-order valence-corrected chi connectivity index (χ1v) is 13.5. The normalized spacial score (nSPS) is 13.8. The van der Waals surface area contributed by atoms with E-state index in [4.69, 9.17) is 22.1 Å². The van der Waals surface area contributed by atoms with Crippen LogP contribution in [0.2, 0.25) is 5.15 Å². The van der Waals surface area contributed by atoms with Gasteiger partial charge in [-0.25, -0.2) is 4.98 Å². The van der Waals surface area contributed by atoms with E-state index in [-0.39, 0.29) is 35.0 Å². The van der Waals surface area contributed by atoms with Crippen molar-refractivity contribution in [2.24, 2.45) is 0 Å². The number of nitrogens with two attached hydrogens (primary N) is 1. The molecule has 3 aromatic heterocycles. The Morgan fingerprint density at radius 3 is 2.62 bits per heavy atom. The summed E-state index contributed by atoms with van der Waals surface area (Å²) in [7, 11) is 1.60. The van der Waals surface area contributed by atoms with Crippen LogP contribution in [0.1, 0.15) is 57.8 Å². The van der Waals surface area contributed by atoms with Crippen molar-refractivity contribution in [2.75, 3.05) is 43.9 Å². The maximum absolute atomic E-state index is 13.8. The summed E-state index contributed by atoms with van der Waals surface area (Å²) in [6, 6.07) is 0. The topological polar surface area (TPSA) is 142 Å². The zero-order chi connectivity index (χ0) is 29.1. The predicted molar refractivity (Wildman–Crippen MR) is 156 cm³/mol. The van der Waals surface area contributed by atoms with Crippen molar-refractivity contribution >= 4 is 46.8 Å². The number of fused-ring (bicyclic) bond motifs is 1. The largest absolute Gasteiger partial charge is 0.496 e. The second kappa shape index (κ2) is 12.1. The molecule has 212 valence electrons. The Morgan fingerprint density at radius 2 is 1.95 bits per heavy atom. The van der Waals surface area contributed by atoms with Crippen LogP contribution >= 0.6 is 11.6 Å². The Kier molecular flexibility index (Phi) is 8.75. The van der Waals surface area contributed by atoms with Crippen molar-refractivity contribution in [1.82, 2.24) is 30.2 Å². The minimum atomic E-state index is -0.336. The van der Waals surface area contributed by atoms with Crippen molar-refractivity contribution in [2.45, 2.75) is 41.2 Å². The summed E-state index contributed by atoms with van der Waals surface area (Å²) in [5.74, 6) is 0.436. The highest BCUT2D eigenvalue weighted by atomic mass is 35.5. The fourth-order valence-corrected chi connectivity index (χ4v) is 5.15. The molecule has 0 radical (unpaired) electrons. The van der Waals surface area contributed by atoms with Crippen molar-refractivity contribution in [1.29, 1.82) is 0 Å². The number of anilines is 2. The lowest BCUT2D eigenvalue weighted by Gasteiger charge is -2.19. The van der Waals surface area contributed by atoms with Crippen LogP contribution in [0.15, 0.2) is 12.4 Å². The number of carbonyl (C=O) groups excluding carboxylic acids is 2. The molecule has 0 saturated carbocycles. The van der Waals surface area contributed by atoms with Gasteiger partial charge in [0.25, 0.3) is 11.8 Å². The molecule has 0 bridgehead atoms. The molecule has 11 nitrogen and oxygen atoms in total. The molecule has 1 aliphatic rings. The van der Waals surface area contributed by atoms with E-state index in [1.165, 1.54) is 4.90 Å². The van der Waals surface area contributed by atoms with Gasteiger partial charge in [-0.1, -0.05) is 25.4 Å². The second-order valence-corrected chi connectivity index (χ2v) is 9.95. The van der Waals surface area contributed by atoms with E-state index < -0.39 is 0 Å². The van der Waals surface area contributed by atoms with Crippen LogP contribution in [0.3, 0.4) is 0 Å². The summed E-state index contributed by atoms with van der Waals surface area (Å²) in [6.07, 6.45) is 5.02. The van der Waals surface area contributed by atoms with Crippen molar-refractivity contribution in [3.05, 3.63) is 56.8 Å². The number of methoxy groups -OCH3 is 1. The number of nitrogens with one attached hydrogen (secondary N) is 2. The van der Waals surface area contributed by atoms with Crippen LogP contribution < -0.4 is 20.7 Å². The Hall–Kier alpha value is -3.96. The van der Waals surface area contributed by atoms with E-state index in [2.05, 4.69) is 44.0 Å². The maximum atomic E-state index is 13.8. The fraction of sp³-hybridized carbons (Fsp3) is 0.393. The van der Waals surface area contributed by atoms with Crippen LogP contribution in [0.4, 0.5) is 11.8 Å². The van der Waals surface area contributed by atoms with Gasteiger partial charge in [0.15, 0.2) is 5.82 Å². The molecule has 4 rings (SSSR count). The number of nitrogen functional groups attached to an aromatic ring is 1. The van der Waals surface area contributed by atoms with Crippen molar-refractivity contribution in [3.63, 3.8) is 0 Å². The van der Waals surface area contributed by atoms with Crippen LogP contribution in [0.25, 0.3) is 11.6 Å². The second-order valence-electron chi connectivity index (χ2n) is 9.59. The smallest absolute Gasteiger partial charge is 0.260 e. The first-order chi connectivity index (χ1) is 19.1. The van der Waals surface area contributed by atoms with Gasteiger partial charge in [-0.05, 0) is 45.5 Å². The van der Waals surface area contributed by atoms with E-state index in [1.807, 2.05) is 20.8 Å². The van der Waals surface area contributed by atoms with E-state index in [0.29, 0.717) is 46.2 Å². The minimum Gasteiger partial charge on any atom is -0.496 e. The van der Waals surface area contributed by atoms with Crippen LogP contribution in [0, 0.1) is 20.8 Å². The Balaban J connectivity index is 1.66. The number of rotatable bonds is 10. The summed E-state index contributed by atoms with van der Waals surface area (Å²) in [5.41, 5.74) is 10.7. The number of aryl methyl sites for hydroxylation is 1. The third-order valence-corrected chi connectivity index (χ3v) is 7.52. The number of aromatic nitrogens is 4. The van der Waals surface area contributed by atoms with Crippen molar-refractivity contribution in [3.8, 4) is 5.75 Å². The number of halogens is 1. The molecule has 0 saturated heterocycles. The zero-order valence-electron chi connectivity index (χ0n) is 23.7. The number of ether oxygens (including phenoxy) is 1. The lowest BCUT2D eigenvalue weighted by Crippen LogP contribution is -2.34. The fourth-order valence-electron chi connectivity index (χ4n) is 4.88. The molecular weight excluding hydrogens is 532 g/mol. The van der Waals surface area contributed by atoms with Gasteiger partial charge in [0.05, 0.1) is 36.0 Å². The number of hydrogen-bond donors (Lipinski definition) is 3. The molecule has 0 fully saturated rings. The molecule has 0 unspecified atom stereocenters. The third kappa shape index (κ3) is 5.52. The van der Waals surface area contributed by atoms with Gasteiger partial charge in [0.1, 0.15) is 10.9 Å². The van der Waals surface area contributed by atoms with Gasteiger partial charge < -0.3 is 25.7 Å². The monoisotopic (exact) mass is 566 g/mol. The number of carbonyl (C=O) groups is 2. The quantitative estimate of drug-likeness (QED) is 0.250. The number of nitrogens with zero attached hydrogens (tertiary/aromatic N) is 5. The lowest BCUT2D eigenvalue weighted by molar-refractivity contribution is -0.113. The van der Waals surface area contributed by atoms with E-state index >= 15 is 0 Å². The van der Waals surface area contributed by atoms with Gasteiger partial charge in [-0.15, -0.1) is 0 Å². The van der Waals surface area contributed by atoms with Gasteiger partial charge in [-0.2, -0.15) is 4.98 Å². The first kappa shape index (κ1) is 29.0. The Labute approximate surface area is 238 Å². The molecule has 0 atom stereocenters. The molecule has 3 aromatic rings. The summed E-state index contributed by atoms with van der Waals surface area (Å²) in [5, 5.41) is 3.03. The summed E-state index contributed by atoms with van der Waals surface area (Å²) >= 11 is 6.51.